The largest absolute Gasteiger partial charge is 0.481 e. The van der Waals surface area contributed by atoms with Crippen LogP contribution < -0.4 is 4.90 Å². The lowest BCUT2D eigenvalue weighted by Crippen LogP contribution is -2.48. The predicted octanol–water partition coefficient (Wildman–Crippen LogP) is 2.85. The standard InChI is InChI=1S/C25H32N4O3/c30-24(31)18-21-10-13-29(25(32)20-6-2-1-3-7-20)19-22(21)9-12-27-14-16-28(17-15-27)23-8-4-5-11-26-23/h1-8,11,21-22H,9-10,12-19H2,(H,30,31). The number of aliphatic carboxylic acids is 1. The van der Waals surface area contributed by atoms with Crippen molar-refractivity contribution in [1.82, 2.24) is 14.8 Å². The van der Waals surface area contributed by atoms with Gasteiger partial charge in [-0.1, -0.05) is 24.3 Å². The normalized spacial score (nSPS) is 22.0. The van der Waals surface area contributed by atoms with Crippen LogP contribution in [0, 0.1) is 11.8 Å². The number of hydrogen-bond donors (Lipinski definition) is 1. The molecule has 2 unspecified atom stereocenters. The molecule has 2 aromatic rings. The van der Waals surface area contributed by atoms with E-state index in [1.165, 1.54) is 0 Å². The second-order valence-electron chi connectivity index (χ2n) is 8.83. The fraction of sp³-hybridized carbons (Fsp3) is 0.480. The minimum Gasteiger partial charge on any atom is -0.481 e. The number of pyridine rings is 1. The first-order valence-electron chi connectivity index (χ1n) is 11.5. The number of benzene rings is 1. The van der Waals surface area contributed by atoms with Crippen LogP contribution in [-0.2, 0) is 4.79 Å². The molecule has 0 spiro atoms. The Hall–Kier alpha value is -2.93. The number of carboxylic acids is 1. The molecule has 3 heterocycles. The smallest absolute Gasteiger partial charge is 0.303 e. The minimum absolute atomic E-state index is 0.0494. The maximum Gasteiger partial charge on any atom is 0.303 e. The highest BCUT2D eigenvalue weighted by Crippen LogP contribution is 2.30. The van der Waals surface area contributed by atoms with Crippen molar-refractivity contribution in [2.75, 3.05) is 50.7 Å². The van der Waals surface area contributed by atoms with E-state index in [9.17, 15) is 14.7 Å². The molecule has 1 aromatic carbocycles. The molecular formula is C25H32N4O3. The molecule has 1 amide bonds. The molecule has 0 bridgehead atoms. The van der Waals surface area contributed by atoms with Gasteiger partial charge in [0.05, 0.1) is 0 Å². The number of rotatable bonds is 7. The van der Waals surface area contributed by atoms with Crippen LogP contribution in [0.1, 0.15) is 29.6 Å². The van der Waals surface area contributed by atoms with Crippen molar-refractivity contribution < 1.29 is 14.7 Å². The van der Waals surface area contributed by atoms with E-state index in [1.54, 1.807) is 0 Å². The number of anilines is 1. The Balaban J connectivity index is 1.33. The fourth-order valence-electron chi connectivity index (χ4n) is 4.94. The summed E-state index contributed by atoms with van der Waals surface area (Å²) >= 11 is 0. The van der Waals surface area contributed by atoms with Gasteiger partial charge in [-0.05, 0) is 55.5 Å². The van der Waals surface area contributed by atoms with Gasteiger partial charge in [0, 0.05) is 57.4 Å². The number of likely N-dealkylation sites (tertiary alicyclic amines) is 1. The average molecular weight is 437 g/mol. The summed E-state index contributed by atoms with van der Waals surface area (Å²) in [6.07, 6.45) is 3.68. The van der Waals surface area contributed by atoms with Crippen LogP contribution >= 0.6 is 0 Å². The number of piperazine rings is 1. The molecular weight excluding hydrogens is 404 g/mol. The summed E-state index contributed by atoms with van der Waals surface area (Å²) in [5.74, 6) is 0.666. The van der Waals surface area contributed by atoms with E-state index in [2.05, 4.69) is 14.8 Å². The third-order valence-corrected chi connectivity index (χ3v) is 6.80. The SMILES string of the molecule is O=C(O)CC1CCN(C(=O)c2ccccc2)CC1CCN1CCN(c2ccccn2)CC1. The Labute approximate surface area is 189 Å². The number of piperidine rings is 1. The molecule has 7 nitrogen and oxygen atoms in total. The summed E-state index contributed by atoms with van der Waals surface area (Å²) < 4.78 is 0. The highest BCUT2D eigenvalue weighted by molar-refractivity contribution is 5.94. The van der Waals surface area contributed by atoms with E-state index in [0.717, 1.165) is 51.4 Å². The van der Waals surface area contributed by atoms with Gasteiger partial charge in [0.1, 0.15) is 5.82 Å². The van der Waals surface area contributed by atoms with Crippen molar-refractivity contribution in [3.63, 3.8) is 0 Å². The number of carbonyl (C=O) groups excluding carboxylic acids is 1. The van der Waals surface area contributed by atoms with Gasteiger partial charge in [-0.15, -0.1) is 0 Å². The van der Waals surface area contributed by atoms with Crippen LogP contribution in [-0.4, -0.2) is 77.6 Å². The van der Waals surface area contributed by atoms with E-state index in [1.807, 2.05) is 59.6 Å². The Kier molecular flexibility index (Phi) is 7.37. The molecule has 1 N–H and O–H groups in total. The van der Waals surface area contributed by atoms with E-state index < -0.39 is 5.97 Å². The third kappa shape index (κ3) is 5.65. The minimum atomic E-state index is -0.744. The van der Waals surface area contributed by atoms with Crippen molar-refractivity contribution in [1.29, 1.82) is 0 Å². The number of amides is 1. The molecule has 0 saturated carbocycles. The fourth-order valence-corrected chi connectivity index (χ4v) is 4.94. The molecule has 32 heavy (non-hydrogen) atoms. The summed E-state index contributed by atoms with van der Waals surface area (Å²) in [5, 5.41) is 9.39. The number of carbonyl (C=O) groups is 2. The van der Waals surface area contributed by atoms with Crippen LogP contribution in [0.5, 0.6) is 0 Å². The number of hydrogen-bond acceptors (Lipinski definition) is 5. The van der Waals surface area contributed by atoms with E-state index >= 15 is 0 Å². The highest BCUT2D eigenvalue weighted by Gasteiger charge is 2.33. The summed E-state index contributed by atoms with van der Waals surface area (Å²) in [5.41, 5.74) is 0.702. The summed E-state index contributed by atoms with van der Waals surface area (Å²) in [7, 11) is 0. The molecule has 0 radical (unpaired) electrons. The summed E-state index contributed by atoms with van der Waals surface area (Å²) in [6, 6.07) is 15.4. The average Bonchev–Trinajstić information content (AvgIpc) is 2.84. The molecule has 2 fully saturated rings. The van der Waals surface area contributed by atoms with E-state index in [4.69, 9.17) is 0 Å². The molecule has 2 aliphatic rings. The predicted molar refractivity (Wildman–Crippen MR) is 124 cm³/mol. The number of aromatic nitrogens is 1. The summed E-state index contributed by atoms with van der Waals surface area (Å²) in [6.45, 7) is 6.03. The van der Waals surface area contributed by atoms with Gasteiger partial charge in [0.2, 0.25) is 0 Å². The Morgan fingerprint density at radius 3 is 2.38 bits per heavy atom. The monoisotopic (exact) mass is 436 g/mol. The molecule has 4 rings (SSSR count). The third-order valence-electron chi connectivity index (χ3n) is 6.80. The highest BCUT2D eigenvalue weighted by atomic mass is 16.4. The van der Waals surface area contributed by atoms with Crippen LogP contribution in [0.4, 0.5) is 5.82 Å². The van der Waals surface area contributed by atoms with Gasteiger partial charge in [0.15, 0.2) is 0 Å². The molecule has 2 atom stereocenters. The number of nitrogens with zero attached hydrogens (tertiary/aromatic N) is 4. The van der Waals surface area contributed by atoms with Crippen molar-refractivity contribution in [2.24, 2.45) is 11.8 Å². The summed E-state index contributed by atoms with van der Waals surface area (Å²) in [4.78, 5) is 35.5. The molecule has 2 saturated heterocycles. The Morgan fingerprint density at radius 1 is 0.938 bits per heavy atom. The maximum absolute atomic E-state index is 12.9. The second kappa shape index (κ2) is 10.6. The molecule has 7 heteroatoms. The zero-order chi connectivity index (χ0) is 22.3. The first-order chi connectivity index (χ1) is 15.6. The zero-order valence-electron chi connectivity index (χ0n) is 18.5. The zero-order valence-corrected chi connectivity index (χ0v) is 18.5. The first-order valence-corrected chi connectivity index (χ1v) is 11.5. The van der Waals surface area contributed by atoms with E-state index in [-0.39, 0.29) is 24.2 Å². The number of carboxylic acid groups (broad SMARTS) is 1. The topological polar surface area (TPSA) is 77.0 Å². The lowest BCUT2D eigenvalue weighted by atomic mass is 9.81. The van der Waals surface area contributed by atoms with Crippen LogP contribution in [0.15, 0.2) is 54.7 Å². The van der Waals surface area contributed by atoms with Gasteiger partial charge in [-0.2, -0.15) is 0 Å². The first kappa shape index (κ1) is 22.3. The molecule has 0 aliphatic carbocycles. The van der Waals surface area contributed by atoms with Gasteiger partial charge in [-0.25, -0.2) is 4.98 Å². The van der Waals surface area contributed by atoms with Gasteiger partial charge in [-0.3, -0.25) is 14.5 Å². The van der Waals surface area contributed by atoms with Gasteiger partial charge >= 0.3 is 5.97 Å². The van der Waals surface area contributed by atoms with Crippen LogP contribution in [0.2, 0.25) is 0 Å². The Bertz CT molecular complexity index is 885. The lowest BCUT2D eigenvalue weighted by Gasteiger charge is -2.40. The van der Waals surface area contributed by atoms with Crippen LogP contribution in [0.3, 0.4) is 0 Å². The lowest BCUT2D eigenvalue weighted by molar-refractivity contribution is -0.139. The molecule has 1 aromatic heterocycles. The van der Waals surface area contributed by atoms with E-state index in [0.29, 0.717) is 18.7 Å². The van der Waals surface area contributed by atoms with Crippen molar-refractivity contribution >= 4 is 17.7 Å². The van der Waals surface area contributed by atoms with Crippen molar-refractivity contribution in [3.8, 4) is 0 Å². The second-order valence-corrected chi connectivity index (χ2v) is 8.83. The quantitative estimate of drug-likeness (QED) is 0.719. The van der Waals surface area contributed by atoms with Gasteiger partial charge < -0.3 is 14.9 Å². The van der Waals surface area contributed by atoms with Crippen LogP contribution in [0.25, 0.3) is 0 Å². The van der Waals surface area contributed by atoms with Crippen molar-refractivity contribution in [3.05, 3.63) is 60.3 Å². The Morgan fingerprint density at radius 2 is 1.69 bits per heavy atom. The maximum atomic E-state index is 12.9. The molecule has 2 aliphatic heterocycles. The van der Waals surface area contributed by atoms with Gasteiger partial charge in [0.25, 0.3) is 5.91 Å². The molecule has 170 valence electrons. The van der Waals surface area contributed by atoms with Crippen molar-refractivity contribution in [2.45, 2.75) is 19.3 Å².